The summed E-state index contributed by atoms with van der Waals surface area (Å²) in [4.78, 5) is 25.1. The molecule has 0 radical (unpaired) electrons. The fourth-order valence-corrected chi connectivity index (χ4v) is 1.13. The molecule has 0 rings (SSSR count). The molecule has 0 spiro atoms. The fourth-order valence-electron chi connectivity index (χ4n) is 1.13. The Bertz CT molecular complexity index is 320. The Morgan fingerprint density at radius 3 is 1.72 bits per heavy atom. The lowest BCUT2D eigenvalue weighted by Gasteiger charge is -2.22. The normalized spacial score (nSPS) is 10.3. The zero-order chi connectivity index (χ0) is 14.3. The largest absolute Gasteiger partial charge is 0.332 e. The van der Waals surface area contributed by atoms with E-state index in [1.54, 1.807) is 13.8 Å². The van der Waals surface area contributed by atoms with Crippen LogP contribution in [0.15, 0.2) is 24.3 Å². The second-order valence-electron chi connectivity index (χ2n) is 4.65. The summed E-state index contributed by atoms with van der Waals surface area (Å²) in [5, 5.41) is 5.44. The Balaban J connectivity index is 4.51. The van der Waals surface area contributed by atoms with Crippen molar-refractivity contribution < 1.29 is 9.59 Å². The molecule has 0 atom stereocenters. The third-order valence-electron chi connectivity index (χ3n) is 2.25. The maximum atomic E-state index is 11.6. The molecule has 0 aliphatic rings. The number of hydrogen-bond donors (Lipinski definition) is 2. The summed E-state index contributed by atoms with van der Waals surface area (Å²) in [7, 11) is 3.86. The van der Waals surface area contributed by atoms with E-state index in [-0.39, 0.29) is 11.8 Å². The van der Waals surface area contributed by atoms with Crippen LogP contribution in [0.4, 0.5) is 0 Å². The molecule has 0 aromatic heterocycles. The molecule has 18 heavy (non-hydrogen) atoms. The zero-order valence-corrected chi connectivity index (χ0v) is 11.7. The monoisotopic (exact) mass is 253 g/mol. The molecule has 0 aliphatic carbocycles. The number of hydrogen-bond acceptors (Lipinski definition) is 3. The predicted octanol–water partition coefficient (Wildman–Crippen LogP) is 0.649. The SMILES string of the molecule is C=C(C)C(=O)NC(CCN(C)C)NC(=O)C(=C)C. The average Bonchev–Trinajstić information content (AvgIpc) is 2.25. The molecular formula is C13H23N3O2. The molecular weight excluding hydrogens is 230 g/mol. The molecule has 0 aromatic carbocycles. The van der Waals surface area contributed by atoms with Gasteiger partial charge in [0.25, 0.3) is 0 Å². The minimum absolute atomic E-state index is 0.263. The number of nitrogens with one attached hydrogen (secondary N) is 2. The second-order valence-corrected chi connectivity index (χ2v) is 4.65. The number of rotatable bonds is 7. The van der Waals surface area contributed by atoms with Gasteiger partial charge in [-0.05, 0) is 34.4 Å². The van der Waals surface area contributed by atoms with Gasteiger partial charge in [0.2, 0.25) is 11.8 Å². The van der Waals surface area contributed by atoms with Crippen LogP contribution < -0.4 is 10.6 Å². The topological polar surface area (TPSA) is 61.4 Å². The summed E-state index contributed by atoms with van der Waals surface area (Å²) in [6.45, 7) is 11.1. The van der Waals surface area contributed by atoms with Gasteiger partial charge in [-0.1, -0.05) is 13.2 Å². The quantitative estimate of drug-likeness (QED) is 0.517. The molecule has 0 fully saturated rings. The fraction of sp³-hybridized carbons (Fsp3) is 0.538. The lowest BCUT2D eigenvalue weighted by molar-refractivity contribution is -0.120. The maximum absolute atomic E-state index is 11.6. The van der Waals surface area contributed by atoms with Gasteiger partial charge in [-0.15, -0.1) is 0 Å². The van der Waals surface area contributed by atoms with Crippen LogP contribution in [0.25, 0.3) is 0 Å². The predicted molar refractivity (Wildman–Crippen MR) is 72.9 cm³/mol. The van der Waals surface area contributed by atoms with E-state index in [0.29, 0.717) is 17.6 Å². The van der Waals surface area contributed by atoms with Crippen LogP contribution in [0, 0.1) is 0 Å². The first kappa shape index (κ1) is 16.4. The molecule has 2 amide bonds. The van der Waals surface area contributed by atoms with Gasteiger partial charge in [-0.2, -0.15) is 0 Å². The summed E-state index contributed by atoms with van der Waals surface area (Å²) in [5.41, 5.74) is 0.823. The van der Waals surface area contributed by atoms with Crippen molar-refractivity contribution in [3.8, 4) is 0 Å². The zero-order valence-electron chi connectivity index (χ0n) is 11.7. The van der Waals surface area contributed by atoms with Gasteiger partial charge in [0.15, 0.2) is 0 Å². The van der Waals surface area contributed by atoms with Crippen LogP contribution in [0.2, 0.25) is 0 Å². The van der Waals surface area contributed by atoms with Gasteiger partial charge < -0.3 is 15.5 Å². The van der Waals surface area contributed by atoms with E-state index in [4.69, 9.17) is 0 Å². The molecule has 0 unspecified atom stereocenters. The van der Waals surface area contributed by atoms with Gasteiger partial charge >= 0.3 is 0 Å². The smallest absolute Gasteiger partial charge is 0.247 e. The Morgan fingerprint density at radius 2 is 1.44 bits per heavy atom. The molecule has 2 N–H and O–H groups in total. The first-order valence-corrected chi connectivity index (χ1v) is 5.81. The van der Waals surface area contributed by atoms with Crippen molar-refractivity contribution in [3.05, 3.63) is 24.3 Å². The molecule has 0 heterocycles. The molecule has 5 nitrogen and oxygen atoms in total. The van der Waals surface area contributed by atoms with Gasteiger partial charge in [0, 0.05) is 17.7 Å². The molecule has 0 saturated carbocycles. The van der Waals surface area contributed by atoms with Crippen LogP contribution in [-0.2, 0) is 9.59 Å². The highest BCUT2D eigenvalue weighted by atomic mass is 16.2. The van der Waals surface area contributed by atoms with E-state index in [0.717, 1.165) is 6.54 Å². The van der Waals surface area contributed by atoms with Crippen LogP contribution in [-0.4, -0.2) is 43.5 Å². The first-order chi connectivity index (χ1) is 8.23. The van der Waals surface area contributed by atoms with Crippen molar-refractivity contribution in [1.82, 2.24) is 15.5 Å². The summed E-state index contributed by atoms with van der Waals surface area (Å²) in [6.07, 6.45) is 0.200. The van der Waals surface area contributed by atoms with Gasteiger partial charge in [0.1, 0.15) is 6.17 Å². The Morgan fingerprint density at radius 1 is 1.06 bits per heavy atom. The summed E-state index contributed by atoms with van der Waals surface area (Å²) in [6, 6.07) is 0. The molecule has 0 saturated heterocycles. The molecule has 0 aliphatic heterocycles. The summed E-state index contributed by atoms with van der Waals surface area (Å²) in [5.74, 6) is -0.526. The first-order valence-electron chi connectivity index (χ1n) is 5.81. The molecule has 0 bridgehead atoms. The Kier molecular flexibility index (Phi) is 6.97. The number of amides is 2. The highest BCUT2D eigenvalue weighted by molar-refractivity contribution is 5.94. The Labute approximate surface area is 109 Å². The number of nitrogens with zero attached hydrogens (tertiary/aromatic N) is 1. The van der Waals surface area contributed by atoms with Crippen molar-refractivity contribution in [1.29, 1.82) is 0 Å². The number of carbonyl (C=O) groups is 2. The minimum atomic E-state index is -0.416. The van der Waals surface area contributed by atoms with Crippen LogP contribution in [0.3, 0.4) is 0 Å². The van der Waals surface area contributed by atoms with Crippen LogP contribution in [0.1, 0.15) is 20.3 Å². The van der Waals surface area contributed by atoms with E-state index >= 15 is 0 Å². The lowest BCUT2D eigenvalue weighted by atomic mass is 10.2. The third kappa shape index (κ3) is 6.85. The van der Waals surface area contributed by atoms with Crippen LogP contribution in [0.5, 0.6) is 0 Å². The van der Waals surface area contributed by atoms with E-state index < -0.39 is 6.17 Å². The number of carbonyl (C=O) groups excluding carboxylic acids is 2. The highest BCUT2D eigenvalue weighted by Gasteiger charge is 2.15. The van der Waals surface area contributed by atoms with Crippen molar-refractivity contribution in [3.63, 3.8) is 0 Å². The Hall–Kier alpha value is -1.62. The second kappa shape index (κ2) is 7.66. The van der Waals surface area contributed by atoms with Crippen molar-refractivity contribution in [2.45, 2.75) is 26.4 Å². The van der Waals surface area contributed by atoms with Gasteiger partial charge in [-0.3, -0.25) is 9.59 Å². The van der Waals surface area contributed by atoms with E-state index in [9.17, 15) is 9.59 Å². The molecule has 0 aromatic rings. The standard InChI is InChI=1S/C13H23N3O2/c1-9(2)12(17)14-11(7-8-16(5)6)15-13(18)10(3)4/h11H,1,3,7-8H2,2,4-6H3,(H,14,17)(H,15,18). The lowest BCUT2D eigenvalue weighted by Crippen LogP contribution is -2.49. The summed E-state index contributed by atoms with van der Waals surface area (Å²) >= 11 is 0. The van der Waals surface area contributed by atoms with Crippen LogP contribution >= 0.6 is 0 Å². The maximum Gasteiger partial charge on any atom is 0.247 e. The third-order valence-corrected chi connectivity index (χ3v) is 2.25. The minimum Gasteiger partial charge on any atom is -0.332 e. The van der Waals surface area contributed by atoms with Gasteiger partial charge in [0.05, 0.1) is 0 Å². The van der Waals surface area contributed by atoms with Crippen molar-refractivity contribution in [2.24, 2.45) is 0 Å². The highest BCUT2D eigenvalue weighted by Crippen LogP contribution is 1.96. The van der Waals surface area contributed by atoms with E-state index in [2.05, 4.69) is 23.8 Å². The summed E-state index contributed by atoms with van der Waals surface area (Å²) < 4.78 is 0. The molecule has 5 heteroatoms. The van der Waals surface area contributed by atoms with Crippen molar-refractivity contribution in [2.75, 3.05) is 20.6 Å². The molecule has 102 valence electrons. The van der Waals surface area contributed by atoms with E-state index in [1.165, 1.54) is 0 Å². The van der Waals surface area contributed by atoms with Gasteiger partial charge in [-0.25, -0.2) is 0 Å². The van der Waals surface area contributed by atoms with Crippen molar-refractivity contribution >= 4 is 11.8 Å². The van der Waals surface area contributed by atoms with E-state index in [1.807, 2.05) is 19.0 Å². The average molecular weight is 253 g/mol.